The van der Waals surface area contributed by atoms with E-state index in [1.54, 1.807) is 24.3 Å². The zero-order valence-corrected chi connectivity index (χ0v) is 14.5. The molecular weight excluding hydrogens is 367 g/mol. The smallest absolute Gasteiger partial charge is 0.341 e. The Labute approximate surface area is 151 Å². The average Bonchev–Trinajstić information content (AvgIpc) is 2.96. The molecule has 4 rings (SSSR count). The summed E-state index contributed by atoms with van der Waals surface area (Å²) in [6, 6.07) is 12.5. The van der Waals surface area contributed by atoms with Gasteiger partial charge in [-0.2, -0.15) is 12.6 Å². The van der Waals surface area contributed by atoms with Gasteiger partial charge in [0.2, 0.25) is 0 Å². The molecule has 0 saturated carbocycles. The topological polar surface area (TPSA) is 58.9 Å². The number of thiol groups is 1. The lowest BCUT2D eigenvalue weighted by Gasteiger charge is -2.07. The van der Waals surface area contributed by atoms with E-state index in [1.165, 1.54) is 0 Å². The summed E-state index contributed by atoms with van der Waals surface area (Å²) in [7, 11) is 0. The third-order valence-corrected chi connectivity index (χ3v) is 5.01. The van der Waals surface area contributed by atoms with Crippen molar-refractivity contribution in [1.82, 2.24) is 9.97 Å². The first-order valence-electron chi connectivity index (χ1n) is 7.08. The first-order valence-corrected chi connectivity index (χ1v) is 8.35. The van der Waals surface area contributed by atoms with Crippen LogP contribution in [0.2, 0.25) is 10.0 Å². The highest BCUT2D eigenvalue weighted by atomic mass is 35.5. The van der Waals surface area contributed by atoms with Gasteiger partial charge in [-0.15, -0.1) is 0 Å². The van der Waals surface area contributed by atoms with E-state index in [9.17, 15) is 4.79 Å². The van der Waals surface area contributed by atoms with Crippen LogP contribution in [-0.2, 0) is 0 Å². The van der Waals surface area contributed by atoms with Gasteiger partial charge in [-0.3, -0.25) is 0 Å². The molecule has 24 heavy (non-hydrogen) atoms. The zero-order valence-electron chi connectivity index (χ0n) is 12.1. The minimum Gasteiger partial charge on any atom is -0.422 e. The summed E-state index contributed by atoms with van der Waals surface area (Å²) in [4.78, 5) is 19.9. The minimum atomic E-state index is -0.559. The molecule has 1 N–H and O–H groups in total. The predicted octanol–water partition coefficient (Wildman–Crippen LogP) is 5.00. The van der Waals surface area contributed by atoms with Crippen LogP contribution < -0.4 is 5.63 Å². The van der Waals surface area contributed by atoms with Crippen molar-refractivity contribution < 1.29 is 4.42 Å². The van der Waals surface area contributed by atoms with E-state index in [4.69, 9.17) is 27.6 Å². The monoisotopic (exact) mass is 376 g/mol. The second-order valence-electron chi connectivity index (χ2n) is 5.34. The largest absolute Gasteiger partial charge is 0.422 e. The van der Waals surface area contributed by atoms with E-state index in [0.717, 1.165) is 10.9 Å². The molecule has 0 bridgehead atoms. The SMILES string of the molecule is O=c1oc2ccccc2cc1C(S)c1nc2cc(Cl)c(Cl)cc2[nH]1. The summed E-state index contributed by atoms with van der Waals surface area (Å²) >= 11 is 16.6. The van der Waals surface area contributed by atoms with Gasteiger partial charge >= 0.3 is 5.63 Å². The van der Waals surface area contributed by atoms with Gasteiger partial charge in [-0.25, -0.2) is 9.78 Å². The number of rotatable bonds is 2. The standard InChI is InChI=1S/C17H10Cl2N2O2S/c18-10-6-12-13(7-11(10)19)21-16(20-12)15(24)9-5-8-3-1-2-4-14(8)23-17(9)22/h1-7,15,24H,(H,20,21). The first kappa shape index (κ1) is 15.6. The number of aromatic amines is 1. The molecule has 1 unspecified atom stereocenters. The number of halogens is 2. The summed E-state index contributed by atoms with van der Waals surface area (Å²) in [6.45, 7) is 0. The van der Waals surface area contributed by atoms with Gasteiger partial charge in [0.25, 0.3) is 0 Å². The second-order valence-corrected chi connectivity index (χ2v) is 6.67. The Kier molecular flexibility index (Phi) is 3.79. The Morgan fingerprint density at radius 1 is 1.12 bits per heavy atom. The van der Waals surface area contributed by atoms with E-state index >= 15 is 0 Å². The molecule has 4 aromatic rings. The number of hydrogen-bond acceptors (Lipinski definition) is 4. The first-order chi connectivity index (χ1) is 11.5. The quantitative estimate of drug-likeness (QED) is 0.382. The van der Waals surface area contributed by atoms with Crippen molar-refractivity contribution in [3.8, 4) is 0 Å². The summed E-state index contributed by atoms with van der Waals surface area (Å²) in [5, 5.41) is 1.12. The van der Waals surface area contributed by atoms with Crippen molar-refractivity contribution in [3.05, 3.63) is 74.3 Å². The molecule has 0 aliphatic heterocycles. The van der Waals surface area contributed by atoms with Crippen molar-refractivity contribution >= 4 is 57.8 Å². The third-order valence-electron chi connectivity index (χ3n) is 3.76. The van der Waals surface area contributed by atoms with Crippen LogP contribution in [0.3, 0.4) is 0 Å². The second kappa shape index (κ2) is 5.84. The van der Waals surface area contributed by atoms with Crippen LogP contribution in [0, 0.1) is 0 Å². The summed E-state index contributed by atoms with van der Waals surface area (Å²) in [5.74, 6) is 0.522. The maximum absolute atomic E-state index is 12.3. The fraction of sp³-hybridized carbons (Fsp3) is 0.0588. The lowest BCUT2D eigenvalue weighted by molar-refractivity contribution is 0.551. The summed E-state index contributed by atoms with van der Waals surface area (Å²) in [6.07, 6.45) is 0. The van der Waals surface area contributed by atoms with E-state index in [2.05, 4.69) is 22.6 Å². The van der Waals surface area contributed by atoms with Crippen LogP contribution in [0.5, 0.6) is 0 Å². The molecule has 120 valence electrons. The molecule has 7 heteroatoms. The molecule has 0 aliphatic rings. The molecule has 2 aromatic heterocycles. The molecule has 0 spiro atoms. The highest BCUT2D eigenvalue weighted by Gasteiger charge is 2.19. The lowest BCUT2D eigenvalue weighted by atomic mass is 10.1. The molecule has 0 amide bonds. The minimum absolute atomic E-state index is 0.410. The van der Waals surface area contributed by atoms with E-state index in [-0.39, 0.29) is 0 Å². The normalized spacial score (nSPS) is 12.8. The Hall–Kier alpha value is -1.95. The molecule has 0 radical (unpaired) electrons. The fourth-order valence-electron chi connectivity index (χ4n) is 2.57. The van der Waals surface area contributed by atoms with Crippen LogP contribution in [-0.4, -0.2) is 9.97 Å². The number of H-pyrrole nitrogens is 1. The highest BCUT2D eigenvalue weighted by molar-refractivity contribution is 7.80. The number of fused-ring (bicyclic) bond motifs is 2. The number of aromatic nitrogens is 2. The van der Waals surface area contributed by atoms with Crippen molar-refractivity contribution in [1.29, 1.82) is 0 Å². The number of nitrogens with one attached hydrogen (secondary N) is 1. The van der Waals surface area contributed by atoms with E-state index in [1.807, 2.05) is 18.2 Å². The number of nitrogens with zero attached hydrogens (tertiary/aromatic N) is 1. The predicted molar refractivity (Wildman–Crippen MR) is 99.4 cm³/mol. The summed E-state index contributed by atoms with van der Waals surface area (Å²) < 4.78 is 5.36. The van der Waals surface area contributed by atoms with Crippen LogP contribution in [0.4, 0.5) is 0 Å². The molecule has 0 aliphatic carbocycles. The Morgan fingerprint density at radius 2 is 1.88 bits per heavy atom. The van der Waals surface area contributed by atoms with Gasteiger partial charge in [0.1, 0.15) is 11.4 Å². The van der Waals surface area contributed by atoms with Crippen molar-refractivity contribution in [2.75, 3.05) is 0 Å². The third kappa shape index (κ3) is 2.59. The molecule has 2 aromatic carbocycles. The van der Waals surface area contributed by atoms with Crippen LogP contribution in [0.15, 0.2) is 51.7 Å². The maximum Gasteiger partial charge on any atom is 0.341 e. The number of hydrogen-bond donors (Lipinski definition) is 2. The lowest BCUT2D eigenvalue weighted by Crippen LogP contribution is -2.11. The Balaban J connectivity index is 1.85. The number of para-hydroxylation sites is 1. The van der Waals surface area contributed by atoms with Crippen LogP contribution in [0.1, 0.15) is 16.6 Å². The van der Waals surface area contributed by atoms with Gasteiger partial charge in [0, 0.05) is 5.39 Å². The molecular formula is C17H10Cl2N2O2S. The average molecular weight is 377 g/mol. The van der Waals surface area contributed by atoms with Crippen molar-refractivity contribution in [2.45, 2.75) is 5.25 Å². The highest BCUT2D eigenvalue weighted by Crippen LogP contribution is 2.31. The van der Waals surface area contributed by atoms with E-state index < -0.39 is 10.9 Å². The van der Waals surface area contributed by atoms with Gasteiger partial charge in [-0.05, 0) is 24.3 Å². The summed E-state index contributed by atoms with van der Waals surface area (Å²) in [5.41, 5.74) is 1.89. The maximum atomic E-state index is 12.3. The van der Waals surface area contributed by atoms with Gasteiger partial charge in [-0.1, -0.05) is 41.4 Å². The zero-order chi connectivity index (χ0) is 16.8. The Bertz CT molecular complexity index is 1100. The number of benzene rings is 2. The van der Waals surface area contributed by atoms with Crippen LogP contribution in [0.25, 0.3) is 22.0 Å². The molecule has 0 fully saturated rings. The Morgan fingerprint density at radius 3 is 2.71 bits per heavy atom. The molecule has 2 heterocycles. The van der Waals surface area contributed by atoms with Crippen molar-refractivity contribution in [2.24, 2.45) is 0 Å². The molecule has 4 nitrogen and oxygen atoms in total. The molecule has 1 atom stereocenters. The van der Waals surface area contributed by atoms with Gasteiger partial charge < -0.3 is 9.40 Å². The number of imidazole rings is 1. The molecule has 0 saturated heterocycles. The fourth-order valence-corrected chi connectivity index (χ4v) is 3.19. The van der Waals surface area contributed by atoms with Gasteiger partial charge in [0.15, 0.2) is 0 Å². The van der Waals surface area contributed by atoms with Crippen molar-refractivity contribution in [3.63, 3.8) is 0 Å². The van der Waals surface area contributed by atoms with Crippen LogP contribution >= 0.6 is 35.8 Å². The van der Waals surface area contributed by atoms with E-state index in [0.29, 0.717) is 32.5 Å². The van der Waals surface area contributed by atoms with Gasteiger partial charge in [0.05, 0.1) is 31.9 Å².